The molecule has 136 valence electrons. The summed E-state index contributed by atoms with van der Waals surface area (Å²) in [5.74, 6) is -0.982. The first-order valence-corrected chi connectivity index (χ1v) is 8.00. The Kier molecular flexibility index (Phi) is 4.97. The van der Waals surface area contributed by atoms with Gasteiger partial charge in [0.15, 0.2) is 12.4 Å². The Hall–Kier alpha value is -2.83. The number of aryl methyl sites for hydroxylation is 1. The maximum Gasteiger partial charge on any atom is 0.419 e. The van der Waals surface area contributed by atoms with E-state index in [0.717, 1.165) is 24.1 Å². The molecule has 3 rings (SSSR count). The van der Waals surface area contributed by atoms with Gasteiger partial charge in [-0.2, -0.15) is 13.2 Å². The average Bonchev–Trinajstić information content (AvgIpc) is 2.59. The van der Waals surface area contributed by atoms with E-state index < -0.39 is 30.1 Å². The number of Topliss-reactive ketones (excluding diaryl/α,β-unsaturated/α-hetero) is 1. The van der Waals surface area contributed by atoms with Gasteiger partial charge in [-0.1, -0.05) is 12.1 Å². The Morgan fingerprint density at radius 1 is 1.08 bits per heavy atom. The molecule has 4 nitrogen and oxygen atoms in total. The highest BCUT2D eigenvalue weighted by molar-refractivity contribution is 5.98. The topological polar surface area (TPSA) is 52.6 Å². The molecule has 1 aliphatic carbocycles. The van der Waals surface area contributed by atoms with E-state index in [2.05, 4.69) is 0 Å². The standard InChI is InChI=1S/C19H15F3O4/c20-19(21,22)15-5-1-2-7-17(15)25-11-18(24)26-13-8-9-14-12(10-13)4-3-6-16(14)23/h1-2,5,7-10H,3-4,6,11H2. The van der Waals surface area contributed by atoms with E-state index in [1.54, 1.807) is 12.1 Å². The largest absolute Gasteiger partial charge is 0.481 e. The van der Waals surface area contributed by atoms with E-state index in [1.165, 1.54) is 18.2 Å². The minimum Gasteiger partial charge on any atom is -0.481 e. The van der Waals surface area contributed by atoms with Crippen molar-refractivity contribution in [1.82, 2.24) is 0 Å². The molecule has 0 saturated heterocycles. The second kappa shape index (κ2) is 7.19. The summed E-state index contributed by atoms with van der Waals surface area (Å²) in [6, 6.07) is 9.33. The number of halogens is 3. The molecule has 2 aromatic carbocycles. The number of ketones is 1. The molecule has 0 bridgehead atoms. The summed E-state index contributed by atoms with van der Waals surface area (Å²) < 4.78 is 48.7. The number of carbonyl (C=O) groups excluding carboxylic acids is 2. The lowest BCUT2D eigenvalue weighted by atomic mass is 9.91. The summed E-state index contributed by atoms with van der Waals surface area (Å²) >= 11 is 0. The number of hydrogen-bond acceptors (Lipinski definition) is 4. The highest BCUT2D eigenvalue weighted by Gasteiger charge is 2.34. The quantitative estimate of drug-likeness (QED) is 0.602. The van der Waals surface area contributed by atoms with Crippen LogP contribution in [0.25, 0.3) is 0 Å². The fourth-order valence-electron chi connectivity index (χ4n) is 2.81. The summed E-state index contributed by atoms with van der Waals surface area (Å²) in [5, 5.41) is 0. The average molecular weight is 364 g/mol. The molecular weight excluding hydrogens is 349 g/mol. The maximum absolute atomic E-state index is 12.9. The minimum absolute atomic E-state index is 0.0521. The Morgan fingerprint density at radius 3 is 2.62 bits per heavy atom. The Bertz CT molecular complexity index is 843. The second-order valence-electron chi connectivity index (χ2n) is 5.85. The van der Waals surface area contributed by atoms with Crippen molar-refractivity contribution in [3.63, 3.8) is 0 Å². The van der Waals surface area contributed by atoms with Gasteiger partial charge in [0.25, 0.3) is 0 Å². The minimum atomic E-state index is -4.58. The molecular formula is C19H15F3O4. The van der Waals surface area contributed by atoms with Crippen LogP contribution in [0.4, 0.5) is 13.2 Å². The zero-order valence-electron chi connectivity index (χ0n) is 13.6. The first-order chi connectivity index (χ1) is 12.3. The van der Waals surface area contributed by atoms with Crippen LogP contribution in [0, 0.1) is 0 Å². The molecule has 0 fully saturated rings. The summed E-state index contributed by atoms with van der Waals surface area (Å²) in [6.07, 6.45) is -2.63. The van der Waals surface area contributed by atoms with Crippen molar-refractivity contribution < 1.29 is 32.2 Å². The number of carbonyl (C=O) groups is 2. The van der Waals surface area contributed by atoms with Crippen LogP contribution in [0.1, 0.15) is 34.3 Å². The third kappa shape index (κ3) is 4.04. The normalized spacial score (nSPS) is 13.9. The third-order valence-electron chi connectivity index (χ3n) is 4.00. The van der Waals surface area contributed by atoms with E-state index in [9.17, 15) is 22.8 Å². The summed E-state index contributed by atoms with van der Waals surface area (Å²) in [6.45, 7) is -0.664. The van der Waals surface area contributed by atoms with Gasteiger partial charge in [0.05, 0.1) is 5.56 Å². The number of alkyl halides is 3. The van der Waals surface area contributed by atoms with Gasteiger partial charge >= 0.3 is 12.1 Å². The van der Waals surface area contributed by atoms with Gasteiger partial charge in [-0.3, -0.25) is 4.79 Å². The first-order valence-electron chi connectivity index (χ1n) is 8.00. The van der Waals surface area contributed by atoms with Crippen LogP contribution in [-0.4, -0.2) is 18.4 Å². The van der Waals surface area contributed by atoms with Crippen LogP contribution in [0.5, 0.6) is 11.5 Å². The van der Waals surface area contributed by atoms with Gasteiger partial charge in [0.1, 0.15) is 11.5 Å². The fraction of sp³-hybridized carbons (Fsp3) is 0.263. The van der Waals surface area contributed by atoms with Crippen molar-refractivity contribution in [2.45, 2.75) is 25.4 Å². The van der Waals surface area contributed by atoms with Crippen molar-refractivity contribution in [3.8, 4) is 11.5 Å². The Morgan fingerprint density at radius 2 is 1.85 bits per heavy atom. The van der Waals surface area contributed by atoms with Crippen molar-refractivity contribution in [3.05, 3.63) is 59.2 Å². The molecule has 0 unspecified atom stereocenters. The summed E-state index contributed by atoms with van der Waals surface area (Å²) in [5.41, 5.74) is 0.460. The number of ether oxygens (including phenoxy) is 2. The number of hydrogen-bond donors (Lipinski definition) is 0. The number of rotatable bonds is 4. The zero-order valence-corrected chi connectivity index (χ0v) is 13.6. The molecule has 2 aromatic rings. The Balaban J connectivity index is 1.65. The molecule has 1 aliphatic rings. The highest BCUT2D eigenvalue weighted by atomic mass is 19.4. The second-order valence-corrected chi connectivity index (χ2v) is 5.85. The number of esters is 1. The van der Waals surface area contributed by atoms with Crippen LogP contribution in [0.2, 0.25) is 0 Å². The predicted molar refractivity (Wildman–Crippen MR) is 86.3 cm³/mol. The number of benzene rings is 2. The van der Waals surface area contributed by atoms with Gasteiger partial charge in [-0.05, 0) is 48.7 Å². The molecule has 0 N–H and O–H groups in total. The van der Waals surface area contributed by atoms with E-state index in [0.29, 0.717) is 18.4 Å². The molecule has 0 atom stereocenters. The molecule has 0 radical (unpaired) electrons. The van der Waals surface area contributed by atoms with Crippen molar-refractivity contribution in [2.75, 3.05) is 6.61 Å². The van der Waals surface area contributed by atoms with Crippen LogP contribution in [-0.2, 0) is 17.4 Å². The lowest BCUT2D eigenvalue weighted by Crippen LogP contribution is -2.19. The molecule has 0 saturated carbocycles. The third-order valence-corrected chi connectivity index (χ3v) is 4.00. The van der Waals surface area contributed by atoms with E-state index >= 15 is 0 Å². The Labute approximate surface area is 147 Å². The van der Waals surface area contributed by atoms with Gasteiger partial charge < -0.3 is 9.47 Å². The molecule has 0 spiro atoms. The lowest BCUT2D eigenvalue weighted by molar-refractivity contribution is -0.142. The van der Waals surface area contributed by atoms with Crippen LogP contribution in [0.3, 0.4) is 0 Å². The molecule has 0 aromatic heterocycles. The molecule has 26 heavy (non-hydrogen) atoms. The number of fused-ring (bicyclic) bond motifs is 1. The number of para-hydroxylation sites is 1. The zero-order chi connectivity index (χ0) is 18.7. The van der Waals surface area contributed by atoms with Crippen LogP contribution < -0.4 is 9.47 Å². The predicted octanol–water partition coefficient (Wildman–Crippen LogP) is 4.21. The van der Waals surface area contributed by atoms with Crippen LogP contribution >= 0.6 is 0 Å². The lowest BCUT2D eigenvalue weighted by Gasteiger charge is -2.16. The van der Waals surface area contributed by atoms with Gasteiger partial charge in [-0.15, -0.1) is 0 Å². The monoisotopic (exact) mass is 364 g/mol. The van der Waals surface area contributed by atoms with E-state index in [4.69, 9.17) is 9.47 Å². The highest BCUT2D eigenvalue weighted by Crippen LogP contribution is 2.35. The maximum atomic E-state index is 12.9. The smallest absolute Gasteiger partial charge is 0.419 e. The SMILES string of the molecule is O=C(COc1ccccc1C(F)(F)F)Oc1ccc2c(c1)CCCC2=O. The summed E-state index contributed by atoms with van der Waals surface area (Å²) in [4.78, 5) is 23.7. The van der Waals surface area contributed by atoms with Crippen molar-refractivity contribution >= 4 is 11.8 Å². The van der Waals surface area contributed by atoms with E-state index in [-0.39, 0.29) is 11.5 Å². The first kappa shape index (κ1) is 18.0. The molecule has 7 heteroatoms. The van der Waals surface area contributed by atoms with Crippen molar-refractivity contribution in [2.24, 2.45) is 0 Å². The summed E-state index contributed by atoms with van der Waals surface area (Å²) in [7, 11) is 0. The van der Waals surface area contributed by atoms with E-state index in [1.807, 2.05) is 0 Å². The van der Waals surface area contributed by atoms with Gasteiger partial charge in [0.2, 0.25) is 0 Å². The molecule has 0 aliphatic heterocycles. The van der Waals surface area contributed by atoms with Gasteiger partial charge in [-0.25, -0.2) is 4.79 Å². The fourth-order valence-corrected chi connectivity index (χ4v) is 2.81. The molecule has 0 heterocycles. The van der Waals surface area contributed by atoms with Gasteiger partial charge in [0, 0.05) is 12.0 Å². The van der Waals surface area contributed by atoms with Crippen LogP contribution in [0.15, 0.2) is 42.5 Å². The van der Waals surface area contributed by atoms with Crippen molar-refractivity contribution in [1.29, 1.82) is 0 Å². The molecule has 0 amide bonds.